The summed E-state index contributed by atoms with van der Waals surface area (Å²) in [7, 11) is 0. The summed E-state index contributed by atoms with van der Waals surface area (Å²) >= 11 is 2.25. The van der Waals surface area contributed by atoms with E-state index in [1.165, 1.54) is 0 Å². The van der Waals surface area contributed by atoms with E-state index in [0.29, 0.717) is 12.2 Å². The van der Waals surface area contributed by atoms with Crippen molar-refractivity contribution in [3.05, 3.63) is 45.7 Å². The molecule has 1 aromatic heterocycles. The first-order valence-electron chi connectivity index (χ1n) is 5.32. The van der Waals surface area contributed by atoms with Crippen molar-refractivity contribution in [1.29, 1.82) is 0 Å². The minimum Gasteiger partial charge on any atom is -0.477 e. The zero-order chi connectivity index (χ0) is 12.4. The summed E-state index contributed by atoms with van der Waals surface area (Å²) in [6.45, 7) is 2.60. The van der Waals surface area contributed by atoms with Crippen LogP contribution in [0.2, 0.25) is 0 Å². The first kappa shape index (κ1) is 12.2. The number of hydrogen-bond acceptors (Lipinski definition) is 1. The van der Waals surface area contributed by atoms with Crippen LogP contribution in [0.25, 0.3) is 11.3 Å². The smallest absolute Gasteiger partial charge is 0.352 e. The highest BCUT2D eigenvalue weighted by atomic mass is 127. The molecular weight excluding hydrogens is 329 g/mol. The van der Waals surface area contributed by atoms with Crippen molar-refractivity contribution in [1.82, 2.24) is 4.57 Å². The van der Waals surface area contributed by atoms with Gasteiger partial charge in [0, 0.05) is 15.8 Å². The number of hydrogen-bond donors (Lipinski definition) is 1. The Morgan fingerprint density at radius 1 is 1.35 bits per heavy atom. The van der Waals surface area contributed by atoms with Gasteiger partial charge in [-0.05, 0) is 59.3 Å². The molecule has 1 aromatic carbocycles. The Hall–Kier alpha value is -1.30. The number of nitrogens with zero attached hydrogens (tertiary/aromatic N) is 1. The van der Waals surface area contributed by atoms with Gasteiger partial charge in [-0.25, -0.2) is 4.79 Å². The van der Waals surface area contributed by atoms with Gasteiger partial charge >= 0.3 is 5.97 Å². The molecule has 0 radical (unpaired) electrons. The van der Waals surface area contributed by atoms with E-state index in [1.54, 1.807) is 6.07 Å². The number of carbonyl (C=O) groups is 1. The van der Waals surface area contributed by atoms with E-state index in [0.717, 1.165) is 14.8 Å². The van der Waals surface area contributed by atoms with E-state index in [9.17, 15) is 4.79 Å². The molecule has 2 aromatic rings. The van der Waals surface area contributed by atoms with Crippen LogP contribution < -0.4 is 0 Å². The predicted octanol–water partition coefficient (Wildman–Crippen LogP) is 3.48. The molecule has 3 nitrogen and oxygen atoms in total. The molecule has 88 valence electrons. The zero-order valence-corrected chi connectivity index (χ0v) is 11.5. The van der Waals surface area contributed by atoms with Gasteiger partial charge in [-0.3, -0.25) is 0 Å². The van der Waals surface area contributed by atoms with E-state index in [1.807, 2.05) is 41.8 Å². The third-order valence-electron chi connectivity index (χ3n) is 2.64. The lowest BCUT2D eigenvalue weighted by Gasteiger charge is -2.09. The molecule has 0 atom stereocenters. The van der Waals surface area contributed by atoms with Gasteiger partial charge in [0.05, 0.1) is 0 Å². The summed E-state index contributed by atoms with van der Waals surface area (Å²) in [5.74, 6) is -0.885. The molecular formula is C13H12INO2. The van der Waals surface area contributed by atoms with Crippen molar-refractivity contribution in [3.63, 3.8) is 0 Å². The van der Waals surface area contributed by atoms with Crippen LogP contribution in [0.3, 0.4) is 0 Å². The predicted molar refractivity (Wildman–Crippen MR) is 75.2 cm³/mol. The summed E-state index contributed by atoms with van der Waals surface area (Å²) in [4.78, 5) is 11.1. The van der Waals surface area contributed by atoms with E-state index in [4.69, 9.17) is 5.11 Å². The van der Waals surface area contributed by atoms with Crippen molar-refractivity contribution in [2.75, 3.05) is 0 Å². The van der Waals surface area contributed by atoms with Gasteiger partial charge in [0.15, 0.2) is 0 Å². The minimum absolute atomic E-state index is 0.335. The quantitative estimate of drug-likeness (QED) is 0.869. The van der Waals surface area contributed by atoms with Gasteiger partial charge < -0.3 is 9.67 Å². The fourth-order valence-electron chi connectivity index (χ4n) is 1.89. The summed E-state index contributed by atoms with van der Waals surface area (Å²) < 4.78 is 2.95. The Kier molecular flexibility index (Phi) is 3.51. The highest BCUT2D eigenvalue weighted by Crippen LogP contribution is 2.24. The SMILES string of the molecule is CCn1c(C(=O)O)ccc1-c1cccc(I)c1. The third kappa shape index (κ3) is 2.36. The number of aromatic carboxylic acids is 1. The van der Waals surface area contributed by atoms with E-state index in [2.05, 4.69) is 22.6 Å². The summed E-state index contributed by atoms with van der Waals surface area (Å²) in [5, 5.41) is 9.09. The Morgan fingerprint density at radius 2 is 2.12 bits per heavy atom. The maximum Gasteiger partial charge on any atom is 0.352 e. The topological polar surface area (TPSA) is 42.2 Å². The fourth-order valence-corrected chi connectivity index (χ4v) is 2.44. The molecule has 0 bridgehead atoms. The molecule has 0 aliphatic heterocycles. The average Bonchev–Trinajstić information content (AvgIpc) is 2.72. The van der Waals surface area contributed by atoms with Crippen molar-refractivity contribution in [3.8, 4) is 11.3 Å². The maximum atomic E-state index is 11.1. The first-order chi connectivity index (χ1) is 8.13. The molecule has 0 unspecified atom stereocenters. The number of carboxylic acids is 1. The number of aromatic nitrogens is 1. The van der Waals surface area contributed by atoms with Crippen LogP contribution in [0.1, 0.15) is 17.4 Å². The van der Waals surface area contributed by atoms with Crippen molar-refractivity contribution in [2.24, 2.45) is 0 Å². The number of carboxylic acid groups (broad SMARTS) is 1. The van der Waals surface area contributed by atoms with Gasteiger partial charge in [-0.15, -0.1) is 0 Å². The standard InChI is InChI=1S/C13H12INO2/c1-2-15-11(6-7-12(15)13(16)17)9-4-3-5-10(14)8-9/h3-8H,2H2,1H3,(H,16,17). The van der Waals surface area contributed by atoms with Crippen LogP contribution in [0.4, 0.5) is 0 Å². The Morgan fingerprint density at radius 3 is 2.71 bits per heavy atom. The molecule has 1 heterocycles. The van der Waals surface area contributed by atoms with Crippen LogP contribution in [0.5, 0.6) is 0 Å². The number of benzene rings is 1. The largest absolute Gasteiger partial charge is 0.477 e. The van der Waals surface area contributed by atoms with Gasteiger partial charge in [0.1, 0.15) is 5.69 Å². The van der Waals surface area contributed by atoms with Gasteiger partial charge in [0.2, 0.25) is 0 Å². The van der Waals surface area contributed by atoms with Crippen LogP contribution in [-0.4, -0.2) is 15.6 Å². The lowest BCUT2D eigenvalue weighted by molar-refractivity contribution is 0.0685. The molecule has 2 rings (SSSR count). The molecule has 4 heteroatoms. The highest BCUT2D eigenvalue weighted by Gasteiger charge is 2.13. The number of rotatable bonds is 3. The second-order valence-electron chi connectivity index (χ2n) is 3.66. The Bertz CT molecular complexity index is 560. The molecule has 0 saturated carbocycles. The minimum atomic E-state index is -0.885. The van der Waals surface area contributed by atoms with Gasteiger partial charge in [-0.2, -0.15) is 0 Å². The van der Waals surface area contributed by atoms with Crippen LogP contribution in [-0.2, 0) is 6.54 Å². The summed E-state index contributed by atoms with van der Waals surface area (Å²) in [6.07, 6.45) is 0. The van der Waals surface area contributed by atoms with Gasteiger partial charge in [0.25, 0.3) is 0 Å². The number of halogens is 1. The summed E-state index contributed by atoms with van der Waals surface area (Å²) in [6, 6.07) is 11.5. The van der Waals surface area contributed by atoms with Gasteiger partial charge in [-0.1, -0.05) is 12.1 Å². The van der Waals surface area contributed by atoms with Crippen LogP contribution in [0.15, 0.2) is 36.4 Å². The molecule has 1 N–H and O–H groups in total. The highest BCUT2D eigenvalue weighted by molar-refractivity contribution is 14.1. The monoisotopic (exact) mass is 341 g/mol. The maximum absolute atomic E-state index is 11.1. The Labute approximate surface area is 113 Å². The molecule has 17 heavy (non-hydrogen) atoms. The molecule has 0 fully saturated rings. The third-order valence-corrected chi connectivity index (χ3v) is 3.31. The van der Waals surface area contributed by atoms with Crippen molar-refractivity contribution >= 4 is 28.6 Å². The fraction of sp³-hybridized carbons (Fsp3) is 0.154. The van der Waals surface area contributed by atoms with E-state index >= 15 is 0 Å². The second-order valence-corrected chi connectivity index (χ2v) is 4.91. The van der Waals surface area contributed by atoms with E-state index < -0.39 is 5.97 Å². The molecule has 0 aliphatic rings. The normalized spacial score (nSPS) is 10.5. The first-order valence-corrected chi connectivity index (χ1v) is 6.40. The lowest BCUT2D eigenvalue weighted by Crippen LogP contribution is -2.08. The molecule has 0 aliphatic carbocycles. The van der Waals surface area contributed by atoms with Crippen molar-refractivity contribution in [2.45, 2.75) is 13.5 Å². The molecule has 0 saturated heterocycles. The molecule has 0 amide bonds. The average molecular weight is 341 g/mol. The van der Waals surface area contributed by atoms with Crippen LogP contribution in [0, 0.1) is 3.57 Å². The summed E-state index contributed by atoms with van der Waals surface area (Å²) in [5.41, 5.74) is 2.33. The Balaban J connectivity index is 2.56. The zero-order valence-electron chi connectivity index (χ0n) is 9.35. The van der Waals surface area contributed by atoms with Crippen molar-refractivity contribution < 1.29 is 9.90 Å². The molecule has 0 spiro atoms. The van der Waals surface area contributed by atoms with E-state index in [-0.39, 0.29) is 0 Å². The van der Waals surface area contributed by atoms with Crippen LogP contribution >= 0.6 is 22.6 Å². The second kappa shape index (κ2) is 4.91. The lowest BCUT2D eigenvalue weighted by atomic mass is 10.1.